The number of anilines is 2. The molecule has 0 saturated carbocycles. The average Bonchev–Trinajstić information content (AvgIpc) is 3.41. The first kappa shape index (κ1) is 34.6. The molecule has 0 aliphatic rings. The van der Waals surface area contributed by atoms with Gasteiger partial charge in [0.05, 0.1) is 39.1 Å². The van der Waals surface area contributed by atoms with Gasteiger partial charge in [-0.05, 0) is 66.0 Å². The zero-order valence-corrected chi connectivity index (χ0v) is 29.2. The number of pyridine rings is 1. The summed E-state index contributed by atoms with van der Waals surface area (Å²) in [5.74, 6) is -4.97. The van der Waals surface area contributed by atoms with E-state index in [0.717, 1.165) is 21.3 Å². The molecular weight excluding hydrogens is 745 g/mol. The highest BCUT2D eigenvalue weighted by Gasteiger charge is 2.23. The highest BCUT2D eigenvalue weighted by molar-refractivity contribution is 9.10. The molecule has 17 heteroatoms. The number of carbonyl (C=O) groups is 1. The number of ether oxygens (including phenoxy) is 1. The zero-order valence-electron chi connectivity index (χ0n) is 26.8. The Hall–Kier alpha value is -5.22. The van der Waals surface area contributed by atoms with E-state index in [-0.39, 0.29) is 34.5 Å². The molecule has 0 bridgehead atoms. The van der Waals surface area contributed by atoms with E-state index < -0.39 is 47.1 Å². The third-order valence-electron chi connectivity index (χ3n) is 7.42. The lowest BCUT2D eigenvalue weighted by Gasteiger charge is -2.20. The van der Waals surface area contributed by atoms with Crippen LogP contribution in [0.1, 0.15) is 31.9 Å². The lowest BCUT2D eigenvalue weighted by Crippen LogP contribution is -2.42. The van der Waals surface area contributed by atoms with Crippen molar-refractivity contribution in [3.63, 3.8) is 0 Å². The second kappa shape index (κ2) is 13.2. The van der Waals surface area contributed by atoms with Crippen molar-refractivity contribution in [2.75, 3.05) is 5.32 Å². The topological polar surface area (TPSA) is 138 Å². The van der Waals surface area contributed by atoms with E-state index in [4.69, 9.17) is 16.3 Å². The minimum Gasteiger partial charge on any atom is -0.444 e. The van der Waals surface area contributed by atoms with Crippen LogP contribution in [0.3, 0.4) is 0 Å². The standard InChI is InChI=1S/C33H27BrClF3N8O4/c1-33(2,3)50-31(48)40-12-18-7-5-6-17-11-39-13-24(25(17)18)46-30(47)42-29(41-28-20(35)10-23-19(26(28)34)15-44(4)43-23)45(32(46)49)14-16-8-21(36)27(38)22(37)9-16/h5-11,13,15H,12,14H2,1-4H3,(H,40,48)(H,41,42,47). The van der Waals surface area contributed by atoms with Crippen LogP contribution in [0.15, 0.2) is 69.1 Å². The SMILES string of the molecule is Cn1cc2c(Br)c(Nc3nc(=O)n(-c4cncc5cccc(CNC(=O)OC(C)(C)C)c45)c(=O)n3Cc3cc(F)c(F)c(F)c3)c(Cl)cc2n1. The number of carbonyl (C=O) groups excluding carboxylic acids is 1. The van der Waals surface area contributed by atoms with E-state index in [9.17, 15) is 27.6 Å². The summed E-state index contributed by atoms with van der Waals surface area (Å²) in [5, 5.41) is 11.6. The first-order chi connectivity index (χ1) is 23.6. The molecule has 0 aliphatic heterocycles. The zero-order chi connectivity index (χ0) is 36.1. The molecule has 12 nitrogen and oxygen atoms in total. The number of rotatable bonds is 7. The smallest absolute Gasteiger partial charge is 0.407 e. The van der Waals surface area contributed by atoms with Gasteiger partial charge in [0.1, 0.15) is 5.60 Å². The summed E-state index contributed by atoms with van der Waals surface area (Å²) in [6.45, 7) is 4.55. The Bertz CT molecular complexity index is 2430. The number of fused-ring (bicyclic) bond motifs is 2. The van der Waals surface area contributed by atoms with Gasteiger partial charge < -0.3 is 15.4 Å². The van der Waals surface area contributed by atoms with Crippen molar-refractivity contribution >= 4 is 66.9 Å². The number of benzene rings is 3. The molecular formula is C33H27BrClF3N8O4. The molecule has 258 valence electrons. The van der Waals surface area contributed by atoms with Gasteiger partial charge in [0.2, 0.25) is 5.95 Å². The van der Waals surface area contributed by atoms with Gasteiger partial charge in [0, 0.05) is 42.1 Å². The number of alkyl carbamates (subject to hydrolysis) is 1. The number of nitrogens with zero attached hydrogens (tertiary/aromatic N) is 6. The summed E-state index contributed by atoms with van der Waals surface area (Å²) in [7, 11) is 1.72. The Labute approximate surface area is 294 Å². The molecule has 0 atom stereocenters. The first-order valence-corrected chi connectivity index (χ1v) is 16.1. The van der Waals surface area contributed by atoms with Crippen LogP contribution in [0.5, 0.6) is 0 Å². The van der Waals surface area contributed by atoms with Gasteiger partial charge >= 0.3 is 17.5 Å². The van der Waals surface area contributed by atoms with E-state index in [0.29, 0.717) is 31.7 Å². The second-order valence-corrected chi connectivity index (χ2v) is 13.4. The van der Waals surface area contributed by atoms with Crippen LogP contribution in [-0.4, -0.2) is 40.6 Å². The molecule has 2 N–H and O–H groups in total. The molecule has 6 rings (SSSR count). The number of hydrogen-bond acceptors (Lipinski definition) is 8. The molecule has 0 unspecified atom stereocenters. The van der Waals surface area contributed by atoms with Crippen LogP contribution >= 0.6 is 27.5 Å². The second-order valence-electron chi connectivity index (χ2n) is 12.2. The van der Waals surface area contributed by atoms with Crippen LogP contribution in [0.25, 0.3) is 27.4 Å². The Morgan fingerprint density at radius 2 is 1.80 bits per heavy atom. The van der Waals surface area contributed by atoms with Crippen LogP contribution < -0.4 is 22.0 Å². The fraction of sp³-hybridized carbons (Fsp3) is 0.212. The van der Waals surface area contributed by atoms with Crippen LogP contribution in [0.4, 0.5) is 29.6 Å². The number of nitrogens with one attached hydrogen (secondary N) is 2. The summed E-state index contributed by atoms with van der Waals surface area (Å²) < 4.78 is 51.6. The van der Waals surface area contributed by atoms with Crippen molar-refractivity contribution in [2.45, 2.75) is 39.5 Å². The Morgan fingerprint density at radius 3 is 2.50 bits per heavy atom. The van der Waals surface area contributed by atoms with Crippen LogP contribution in [0.2, 0.25) is 5.02 Å². The third kappa shape index (κ3) is 6.80. The normalized spacial score (nSPS) is 11.7. The molecule has 50 heavy (non-hydrogen) atoms. The fourth-order valence-electron chi connectivity index (χ4n) is 5.35. The number of hydrogen-bond donors (Lipinski definition) is 2. The van der Waals surface area contributed by atoms with Crippen LogP contribution in [0, 0.1) is 17.5 Å². The van der Waals surface area contributed by atoms with Gasteiger partial charge in [-0.25, -0.2) is 32.1 Å². The lowest BCUT2D eigenvalue weighted by molar-refractivity contribution is 0.0523. The van der Waals surface area contributed by atoms with Gasteiger partial charge in [-0.3, -0.25) is 14.2 Å². The maximum atomic E-state index is 14.4. The fourth-order valence-corrected chi connectivity index (χ4v) is 6.33. The quantitative estimate of drug-likeness (QED) is 0.176. The number of amides is 1. The largest absolute Gasteiger partial charge is 0.444 e. The molecule has 3 heterocycles. The summed E-state index contributed by atoms with van der Waals surface area (Å²) >= 11 is 10.1. The Balaban J connectivity index is 1.53. The molecule has 0 radical (unpaired) electrons. The van der Waals surface area contributed by atoms with Gasteiger partial charge in [-0.2, -0.15) is 10.1 Å². The van der Waals surface area contributed by atoms with E-state index in [1.165, 1.54) is 12.4 Å². The highest BCUT2D eigenvalue weighted by Crippen LogP contribution is 2.38. The minimum atomic E-state index is -1.68. The summed E-state index contributed by atoms with van der Waals surface area (Å²) in [4.78, 5) is 49.1. The Morgan fingerprint density at radius 1 is 1.08 bits per heavy atom. The van der Waals surface area contributed by atoms with Crippen molar-refractivity contribution in [1.82, 2.24) is 34.2 Å². The monoisotopic (exact) mass is 770 g/mol. The summed E-state index contributed by atoms with van der Waals surface area (Å²) in [5.41, 5.74) is -1.65. The molecule has 0 saturated heterocycles. The Kier molecular flexibility index (Phi) is 9.17. The van der Waals surface area contributed by atoms with Crippen molar-refractivity contribution in [3.8, 4) is 5.69 Å². The van der Waals surface area contributed by atoms with E-state index in [1.807, 2.05) is 0 Å². The van der Waals surface area contributed by atoms with Gasteiger partial charge in [-0.15, -0.1) is 0 Å². The van der Waals surface area contributed by atoms with Crippen molar-refractivity contribution in [1.29, 1.82) is 0 Å². The van der Waals surface area contributed by atoms with Crippen molar-refractivity contribution in [3.05, 3.63) is 114 Å². The molecule has 6 aromatic rings. The van der Waals surface area contributed by atoms with Gasteiger partial charge in [-0.1, -0.05) is 29.8 Å². The predicted octanol–water partition coefficient (Wildman–Crippen LogP) is 6.48. The van der Waals surface area contributed by atoms with E-state index in [2.05, 4.69) is 41.6 Å². The lowest BCUT2D eigenvalue weighted by atomic mass is 10.0. The third-order valence-corrected chi connectivity index (χ3v) is 8.54. The van der Waals surface area contributed by atoms with E-state index >= 15 is 0 Å². The number of aromatic nitrogens is 6. The highest BCUT2D eigenvalue weighted by atomic mass is 79.9. The maximum absolute atomic E-state index is 14.4. The number of aryl methyl sites for hydroxylation is 1. The van der Waals surface area contributed by atoms with E-state index in [1.54, 1.807) is 63.0 Å². The van der Waals surface area contributed by atoms with Crippen molar-refractivity contribution in [2.24, 2.45) is 7.05 Å². The summed E-state index contributed by atoms with van der Waals surface area (Å²) in [6, 6.07) is 8.13. The van der Waals surface area contributed by atoms with Crippen molar-refractivity contribution < 1.29 is 22.7 Å². The first-order valence-electron chi connectivity index (χ1n) is 14.9. The number of halogens is 5. The molecule has 1 amide bonds. The average molecular weight is 772 g/mol. The molecule has 3 aromatic carbocycles. The molecule has 0 spiro atoms. The van der Waals surface area contributed by atoms with Gasteiger partial charge in [0.25, 0.3) is 0 Å². The molecule has 3 aromatic heterocycles. The van der Waals surface area contributed by atoms with Crippen LogP contribution in [-0.2, 0) is 24.9 Å². The maximum Gasteiger partial charge on any atom is 0.407 e. The van der Waals surface area contributed by atoms with Gasteiger partial charge in [0.15, 0.2) is 17.5 Å². The minimum absolute atomic E-state index is 0.0133. The molecule has 0 fully saturated rings. The summed E-state index contributed by atoms with van der Waals surface area (Å²) in [6.07, 6.45) is 3.82. The molecule has 0 aliphatic carbocycles. The predicted molar refractivity (Wildman–Crippen MR) is 185 cm³/mol.